The van der Waals surface area contributed by atoms with Crippen molar-refractivity contribution in [2.24, 2.45) is 4.99 Å². The van der Waals surface area contributed by atoms with Crippen LogP contribution in [0.3, 0.4) is 0 Å². The molecule has 0 saturated carbocycles. The Labute approximate surface area is 82.0 Å². The summed E-state index contributed by atoms with van der Waals surface area (Å²) >= 11 is 0. The van der Waals surface area contributed by atoms with Crippen molar-refractivity contribution in [3.63, 3.8) is 0 Å². The van der Waals surface area contributed by atoms with Gasteiger partial charge in [-0.25, -0.2) is 0 Å². The lowest BCUT2D eigenvalue weighted by Gasteiger charge is -1.99. The first-order valence-corrected chi connectivity index (χ1v) is 5.55. The van der Waals surface area contributed by atoms with Gasteiger partial charge in [-0.1, -0.05) is 6.07 Å². The molecule has 0 amide bonds. The van der Waals surface area contributed by atoms with Gasteiger partial charge in [0.2, 0.25) is 0 Å². The average Bonchev–Trinajstić information content (AvgIpc) is 2.41. The van der Waals surface area contributed by atoms with Gasteiger partial charge in [0.25, 0.3) is 10.1 Å². The van der Waals surface area contributed by atoms with Crippen molar-refractivity contribution in [2.45, 2.75) is 18.2 Å². The maximum absolute atomic E-state index is 10.8. The molecule has 0 aromatic heterocycles. The molecule has 1 aromatic rings. The summed E-state index contributed by atoms with van der Waals surface area (Å²) < 4.78 is 30.5. The molecule has 1 aliphatic heterocycles. The zero-order valence-corrected chi connectivity index (χ0v) is 8.37. The van der Waals surface area contributed by atoms with Crippen molar-refractivity contribution in [1.29, 1.82) is 0 Å². The van der Waals surface area contributed by atoms with E-state index in [-0.39, 0.29) is 4.90 Å². The number of hydrogen-bond donors (Lipinski definition) is 1. The van der Waals surface area contributed by atoms with Gasteiger partial charge in [0.1, 0.15) is 0 Å². The van der Waals surface area contributed by atoms with Gasteiger partial charge < -0.3 is 0 Å². The minimum atomic E-state index is -4.11. The Balaban J connectivity index is 2.57. The molecule has 2 rings (SSSR count). The molecular formula is C9H9NO3S. The van der Waals surface area contributed by atoms with Gasteiger partial charge in [-0.2, -0.15) is 8.42 Å². The zero-order chi connectivity index (χ0) is 10.3. The predicted molar refractivity (Wildman–Crippen MR) is 52.7 cm³/mol. The van der Waals surface area contributed by atoms with Crippen LogP contribution in [0.2, 0.25) is 0 Å². The maximum atomic E-state index is 10.8. The van der Waals surface area contributed by atoms with Crippen LogP contribution in [0.5, 0.6) is 0 Å². The minimum Gasteiger partial charge on any atom is -0.282 e. The summed E-state index contributed by atoms with van der Waals surface area (Å²) in [7, 11) is -4.11. The molecule has 1 N–H and O–H groups in total. The highest BCUT2D eigenvalue weighted by atomic mass is 32.2. The number of aliphatic imine (C=N–C) groups is 1. The highest BCUT2D eigenvalue weighted by Gasteiger charge is 2.16. The van der Waals surface area contributed by atoms with Crippen molar-refractivity contribution in [3.05, 3.63) is 23.8 Å². The number of fused-ring (bicyclic) bond motifs is 1. The highest BCUT2D eigenvalue weighted by molar-refractivity contribution is 7.85. The quantitative estimate of drug-likeness (QED) is 0.717. The van der Waals surface area contributed by atoms with E-state index in [1.165, 1.54) is 12.1 Å². The zero-order valence-electron chi connectivity index (χ0n) is 7.56. The topological polar surface area (TPSA) is 66.7 Å². The Morgan fingerprint density at radius 1 is 1.43 bits per heavy atom. The maximum Gasteiger partial charge on any atom is 0.294 e. The van der Waals surface area contributed by atoms with Gasteiger partial charge in [0.05, 0.1) is 10.6 Å². The lowest BCUT2D eigenvalue weighted by atomic mass is 10.1. The van der Waals surface area contributed by atoms with E-state index in [4.69, 9.17) is 4.55 Å². The third kappa shape index (κ3) is 1.56. The molecule has 14 heavy (non-hydrogen) atoms. The summed E-state index contributed by atoms with van der Waals surface area (Å²) in [4.78, 5) is 4.07. The summed E-state index contributed by atoms with van der Waals surface area (Å²) in [6.07, 6.45) is 0.751. The Bertz CT molecular complexity index is 517. The Hall–Kier alpha value is -1.20. The Kier molecular flexibility index (Phi) is 1.94. The summed E-state index contributed by atoms with van der Waals surface area (Å²) in [5.74, 6) is 0. The smallest absolute Gasteiger partial charge is 0.282 e. The number of nitrogens with zero attached hydrogens (tertiary/aromatic N) is 1. The second kappa shape index (κ2) is 2.90. The third-order valence-corrected chi connectivity index (χ3v) is 2.96. The third-order valence-electron chi connectivity index (χ3n) is 2.11. The lowest BCUT2D eigenvalue weighted by molar-refractivity contribution is 0.483. The van der Waals surface area contributed by atoms with E-state index in [0.29, 0.717) is 5.69 Å². The van der Waals surface area contributed by atoms with Crippen molar-refractivity contribution in [3.8, 4) is 0 Å². The minimum absolute atomic E-state index is 0.102. The van der Waals surface area contributed by atoms with Gasteiger partial charge in [-0.05, 0) is 24.6 Å². The monoisotopic (exact) mass is 211 g/mol. The van der Waals surface area contributed by atoms with Gasteiger partial charge in [0.15, 0.2) is 0 Å². The van der Waals surface area contributed by atoms with Crippen LogP contribution >= 0.6 is 0 Å². The number of benzene rings is 1. The Morgan fingerprint density at radius 3 is 2.79 bits per heavy atom. The van der Waals surface area contributed by atoms with Crippen LogP contribution in [0.4, 0.5) is 5.69 Å². The molecule has 1 aliphatic rings. The first-order chi connectivity index (χ1) is 6.47. The molecule has 0 saturated heterocycles. The van der Waals surface area contributed by atoms with Gasteiger partial charge >= 0.3 is 0 Å². The average molecular weight is 211 g/mol. The van der Waals surface area contributed by atoms with Crippen molar-refractivity contribution >= 4 is 21.5 Å². The van der Waals surface area contributed by atoms with E-state index < -0.39 is 10.1 Å². The summed E-state index contributed by atoms with van der Waals surface area (Å²) in [5, 5.41) is 0. The second-order valence-electron chi connectivity index (χ2n) is 3.29. The van der Waals surface area contributed by atoms with Crippen molar-refractivity contribution in [1.82, 2.24) is 0 Å². The fraction of sp³-hybridized carbons (Fsp3) is 0.222. The SMILES string of the molecule is CC1=Nc2cc(S(=O)(=O)O)ccc2C1. The number of rotatable bonds is 1. The van der Waals surface area contributed by atoms with Crippen LogP contribution in [0.25, 0.3) is 0 Å². The first-order valence-electron chi connectivity index (χ1n) is 4.11. The van der Waals surface area contributed by atoms with E-state index in [1.54, 1.807) is 6.07 Å². The molecule has 0 spiro atoms. The standard InChI is InChI=1S/C9H9NO3S/c1-6-4-7-2-3-8(14(11,12)13)5-9(7)10-6/h2-3,5H,4H2,1H3,(H,11,12,13). The molecule has 74 valence electrons. The van der Waals surface area contributed by atoms with Crippen LogP contribution in [0.15, 0.2) is 28.1 Å². The normalized spacial score (nSPS) is 15.1. The lowest BCUT2D eigenvalue weighted by Crippen LogP contribution is -1.97. The fourth-order valence-corrected chi connectivity index (χ4v) is 1.98. The van der Waals surface area contributed by atoms with Crippen molar-refractivity contribution < 1.29 is 13.0 Å². The van der Waals surface area contributed by atoms with E-state index in [2.05, 4.69) is 4.99 Å². The molecular weight excluding hydrogens is 202 g/mol. The van der Waals surface area contributed by atoms with Gasteiger partial charge in [-0.15, -0.1) is 0 Å². The van der Waals surface area contributed by atoms with Crippen molar-refractivity contribution in [2.75, 3.05) is 0 Å². The molecule has 0 aliphatic carbocycles. The van der Waals surface area contributed by atoms with E-state index in [9.17, 15) is 8.42 Å². The molecule has 0 unspecified atom stereocenters. The molecule has 5 heteroatoms. The summed E-state index contributed by atoms with van der Waals surface area (Å²) in [5.41, 5.74) is 2.58. The molecule has 4 nitrogen and oxygen atoms in total. The summed E-state index contributed by atoms with van der Waals surface area (Å²) in [6.45, 7) is 1.88. The van der Waals surface area contributed by atoms with E-state index in [0.717, 1.165) is 17.7 Å². The molecule has 1 heterocycles. The molecule has 0 atom stereocenters. The van der Waals surface area contributed by atoms with E-state index in [1.807, 2.05) is 6.92 Å². The second-order valence-corrected chi connectivity index (χ2v) is 4.71. The van der Waals surface area contributed by atoms with E-state index >= 15 is 0 Å². The molecule has 1 aromatic carbocycles. The van der Waals surface area contributed by atoms with Crippen LogP contribution < -0.4 is 0 Å². The molecule has 0 fully saturated rings. The molecule has 0 radical (unpaired) electrons. The van der Waals surface area contributed by atoms with Gasteiger partial charge in [-0.3, -0.25) is 9.55 Å². The number of hydrogen-bond acceptors (Lipinski definition) is 3. The summed E-state index contributed by atoms with van der Waals surface area (Å²) in [6, 6.07) is 4.46. The Morgan fingerprint density at radius 2 is 2.14 bits per heavy atom. The predicted octanol–water partition coefficient (Wildman–Crippen LogP) is 1.58. The van der Waals surface area contributed by atoms with Crippen LogP contribution in [0.1, 0.15) is 12.5 Å². The fourth-order valence-electron chi connectivity index (χ4n) is 1.48. The van der Waals surface area contributed by atoms with Gasteiger partial charge in [0, 0.05) is 12.1 Å². The largest absolute Gasteiger partial charge is 0.294 e. The molecule has 0 bridgehead atoms. The van der Waals surface area contributed by atoms with Crippen LogP contribution in [-0.2, 0) is 16.5 Å². The first kappa shape index (κ1) is 9.36. The highest BCUT2D eigenvalue weighted by Crippen LogP contribution is 2.28. The van der Waals surface area contributed by atoms with Crippen LogP contribution in [-0.4, -0.2) is 18.7 Å². The van der Waals surface area contributed by atoms with Crippen LogP contribution in [0, 0.1) is 0 Å².